The van der Waals surface area contributed by atoms with Gasteiger partial charge in [-0.15, -0.1) is 0 Å². The molecule has 0 unspecified atom stereocenters. The minimum atomic E-state index is -1.03. The zero-order valence-electron chi connectivity index (χ0n) is 15.3. The molecule has 1 fully saturated rings. The van der Waals surface area contributed by atoms with Gasteiger partial charge in [-0.3, -0.25) is 4.79 Å². The fourth-order valence-corrected chi connectivity index (χ4v) is 2.67. The van der Waals surface area contributed by atoms with E-state index in [1.54, 1.807) is 20.8 Å². The van der Waals surface area contributed by atoms with E-state index in [9.17, 15) is 19.5 Å². The summed E-state index contributed by atoms with van der Waals surface area (Å²) in [6.07, 6.45) is 1.28. The van der Waals surface area contributed by atoms with Crippen LogP contribution in [0.15, 0.2) is 0 Å². The van der Waals surface area contributed by atoms with E-state index in [0.29, 0.717) is 25.8 Å². The molecule has 1 aliphatic rings. The first kappa shape index (κ1) is 20.3. The lowest BCUT2D eigenvalue weighted by Crippen LogP contribution is -2.50. The molecule has 0 aliphatic carbocycles. The van der Waals surface area contributed by atoms with Gasteiger partial charge in [-0.25, -0.2) is 9.59 Å². The van der Waals surface area contributed by atoms with Crippen LogP contribution in [0.2, 0.25) is 0 Å². The van der Waals surface area contributed by atoms with E-state index in [-0.39, 0.29) is 18.4 Å². The number of rotatable bonds is 5. The van der Waals surface area contributed by atoms with E-state index >= 15 is 0 Å². The van der Waals surface area contributed by atoms with Crippen molar-refractivity contribution in [1.82, 2.24) is 10.2 Å². The van der Waals surface area contributed by atoms with Crippen LogP contribution < -0.4 is 5.32 Å². The summed E-state index contributed by atoms with van der Waals surface area (Å²) >= 11 is 0. The summed E-state index contributed by atoms with van der Waals surface area (Å²) in [7, 11) is 0. The molecular weight excluding hydrogens is 312 g/mol. The third-order valence-corrected chi connectivity index (χ3v) is 3.77. The van der Waals surface area contributed by atoms with Crippen molar-refractivity contribution in [3.63, 3.8) is 0 Å². The van der Waals surface area contributed by atoms with Crippen LogP contribution in [-0.2, 0) is 14.3 Å². The fourth-order valence-electron chi connectivity index (χ4n) is 2.67. The number of aliphatic carboxylic acids is 1. The number of nitrogens with zero attached hydrogens (tertiary/aromatic N) is 1. The van der Waals surface area contributed by atoms with Gasteiger partial charge in [-0.1, -0.05) is 13.8 Å². The highest BCUT2D eigenvalue weighted by Crippen LogP contribution is 2.20. The summed E-state index contributed by atoms with van der Waals surface area (Å²) in [6.45, 7) is 10.0. The topological polar surface area (TPSA) is 95.9 Å². The molecule has 0 aromatic rings. The van der Waals surface area contributed by atoms with Crippen molar-refractivity contribution in [3.8, 4) is 0 Å². The summed E-state index contributed by atoms with van der Waals surface area (Å²) in [4.78, 5) is 37.3. The third-order valence-electron chi connectivity index (χ3n) is 3.77. The zero-order valence-corrected chi connectivity index (χ0v) is 15.3. The molecule has 1 rings (SSSR count). The van der Waals surface area contributed by atoms with Crippen LogP contribution in [0.5, 0.6) is 0 Å². The van der Waals surface area contributed by atoms with Gasteiger partial charge in [-0.05, 0) is 46.0 Å². The van der Waals surface area contributed by atoms with Gasteiger partial charge < -0.3 is 20.1 Å². The number of carboxylic acids is 1. The lowest BCUT2D eigenvalue weighted by Gasteiger charge is -2.34. The Morgan fingerprint density at radius 1 is 1.29 bits per heavy atom. The molecule has 0 spiro atoms. The number of nitrogens with one attached hydrogen (secondary N) is 1. The van der Waals surface area contributed by atoms with Gasteiger partial charge in [0.1, 0.15) is 11.6 Å². The molecule has 0 aromatic heterocycles. The maximum absolute atomic E-state index is 12.4. The fraction of sp³-hybridized carbons (Fsp3) is 0.824. The standard InChI is InChI=1S/C17H30N2O5/c1-11(2)9-13(15(21)22)18-14(20)12-7-6-8-19(10-12)16(23)24-17(3,4)5/h11-13H,6-10H2,1-5H3,(H,18,20)(H,21,22)/t12-,13+/m0/s1. The Kier molecular flexibility index (Phi) is 7.05. The highest BCUT2D eigenvalue weighted by atomic mass is 16.6. The Bertz CT molecular complexity index is 470. The van der Waals surface area contributed by atoms with E-state index in [2.05, 4.69) is 5.32 Å². The van der Waals surface area contributed by atoms with Crippen molar-refractivity contribution in [2.45, 2.75) is 65.5 Å². The summed E-state index contributed by atoms with van der Waals surface area (Å²) < 4.78 is 5.34. The molecular formula is C17H30N2O5. The molecule has 1 aliphatic heterocycles. The van der Waals surface area contributed by atoms with Gasteiger partial charge in [0.25, 0.3) is 0 Å². The zero-order chi connectivity index (χ0) is 18.5. The van der Waals surface area contributed by atoms with Crippen LogP contribution in [0.4, 0.5) is 4.79 Å². The molecule has 0 aromatic carbocycles. The minimum absolute atomic E-state index is 0.163. The van der Waals surface area contributed by atoms with Crippen LogP contribution in [-0.4, -0.2) is 52.7 Å². The molecule has 138 valence electrons. The second-order valence-corrected chi connectivity index (χ2v) is 7.79. The van der Waals surface area contributed by atoms with Crippen LogP contribution in [0.25, 0.3) is 0 Å². The summed E-state index contributed by atoms with van der Waals surface area (Å²) in [5.74, 6) is -1.58. The molecule has 2 N–H and O–H groups in total. The Morgan fingerprint density at radius 3 is 2.42 bits per heavy atom. The second kappa shape index (κ2) is 8.35. The number of amides is 2. The number of ether oxygens (including phenoxy) is 1. The van der Waals surface area contributed by atoms with Gasteiger partial charge in [0.15, 0.2) is 0 Å². The highest BCUT2D eigenvalue weighted by molar-refractivity contribution is 5.85. The maximum Gasteiger partial charge on any atom is 0.410 e. The van der Waals surface area contributed by atoms with Gasteiger partial charge in [0.2, 0.25) is 5.91 Å². The van der Waals surface area contributed by atoms with E-state index in [1.165, 1.54) is 4.90 Å². The molecule has 1 heterocycles. The molecule has 2 amide bonds. The molecule has 7 nitrogen and oxygen atoms in total. The molecule has 0 radical (unpaired) electrons. The average Bonchev–Trinajstić information content (AvgIpc) is 2.44. The average molecular weight is 342 g/mol. The third kappa shape index (κ3) is 6.76. The SMILES string of the molecule is CC(C)C[C@@H](NC(=O)[C@H]1CCCN(C(=O)OC(C)(C)C)C1)C(=O)O. The predicted octanol–water partition coefficient (Wildman–Crippen LogP) is 2.25. The largest absolute Gasteiger partial charge is 0.480 e. The van der Waals surface area contributed by atoms with Crippen molar-refractivity contribution in [1.29, 1.82) is 0 Å². The van der Waals surface area contributed by atoms with Gasteiger partial charge in [0.05, 0.1) is 5.92 Å². The van der Waals surface area contributed by atoms with Crippen LogP contribution in [0, 0.1) is 11.8 Å². The first-order chi connectivity index (χ1) is 11.0. The van der Waals surface area contributed by atoms with Crippen molar-refractivity contribution in [3.05, 3.63) is 0 Å². The van der Waals surface area contributed by atoms with Crippen molar-refractivity contribution in [2.75, 3.05) is 13.1 Å². The normalized spacial score (nSPS) is 19.8. The summed E-state index contributed by atoms with van der Waals surface area (Å²) in [6, 6.07) is -0.894. The van der Waals surface area contributed by atoms with Crippen LogP contribution >= 0.6 is 0 Å². The number of carbonyl (C=O) groups excluding carboxylic acids is 2. The number of likely N-dealkylation sites (tertiary alicyclic amines) is 1. The second-order valence-electron chi connectivity index (χ2n) is 7.79. The van der Waals surface area contributed by atoms with Crippen molar-refractivity contribution < 1.29 is 24.2 Å². The van der Waals surface area contributed by atoms with E-state index < -0.39 is 29.6 Å². The van der Waals surface area contributed by atoms with Crippen LogP contribution in [0.3, 0.4) is 0 Å². The first-order valence-electron chi connectivity index (χ1n) is 8.50. The van der Waals surface area contributed by atoms with Crippen LogP contribution in [0.1, 0.15) is 53.9 Å². The van der Waals surface area contributed by atoms with Gasteiger partial charge >= 0.3 is 12.1 Å². The number of hydrogen-bond acceptors (Lipinski definition) is 4. The summed E-state index contributed by atoms with van der Waals surface area (Å²) in [5.41, 5.74) is -0.585. The summed E-state index contributed by atoms with van der Waals surface area (Å²) in [5, 5.41) is 11.8. The number of carbonyl (C=O) groups is 3. The highest BCUT2D eigenvalue weighted by Gasteiger charge is 2.32. The lowest BCUT2D eigenvalue weighted by atomic mass is 9.96. The monoisotopic (exact) mass is 342 g/mol. The van der Waals surface area contributed by atoms with E-state index in [0.717, 1.165) is 0 Å². The number of piperidine rings is 1. The molecule has 7 heteroatoms. The van der Waals surface area contributed by atoms with Crippen molar-refractivity contribution >= 4 is 18.0 Å². The smallest absolute Gasteiger partial charge is 0.410 e. The van der Waals surface area contributed by atoms with Gasteiger partial charge in [0, 0.05) is 13.1 Å². The molecule has 0 bridgehead atoms. The first-order valence-corrected chi connectivity index (χ1v) is 8.50. The van der Waals surface area contributed by atoms with E-state index in [4.69, 9.17) is 4.74 Å². The lowest BCUT2D eigenvalue weighted by molar-refractivity contribution is -0.143. The Balaban J connectivity index is 2.64. The Labute approximate surface area is 143 Å². The minimum Gasteiger partial charge on any atom is -0.480 e. The Morgan fingerprint density at radius 2 is 1.92 bits per heavy atom. The molecule has 1 saturated heterocycles. The molecule has 24 heavy (non-hydrogen) atoms. The van der Waals surface area contributed by atoms with E-state index in [1.807, 2.05) is 13.8 Å². The Hall–Kier alpha value is -1.79. The van der Waals surface area contributed by atoms with Crippen molar-refractivity contribution in [2.24, 2.45) is 11.8 Å². The number of carboxylic acid groups (broad SMARTS) is 1. The van der Waals surface area contributed by atoms with Gasteiger partial charge in [-0.2, -0.15) is 0 Å². The molecule has 0 saturated carbocycles. The predicted molar refractivity (Wildman–Crippen MR) is 89.6 cm³/mol. The molecule has 2 atom stereocenters. The maximum atomic E-state index is 12.4. The quantitative estimate of drug-likeness (QED) is 0.799. The number of hydrogen-bond donors (Lipinski definition) is 2.